The van der Waals surface area contributed by atoms with Gasteiger partial charge in [0.15, 0.2) is 0 Å². The lowest BCUT2D eigenvalue weighted by Gasteiger charge is -2.07. The van der Waals surface area contributed by atoms with Crippen LogP contribution in [0.1, 0.15) is 41.9 Å². The Balaban J connectivity index is 2.03. The number of rotatable bonds is 7. The molecule has 2 aromatic rings. The molecular formula is C18H27N3. The Labute approximate surface area is 128 Å². The molecular weight excluding hydrogens is 258 g/mol. The summed E-state index contributed by atoms with van der Waals surface area (Å²) < 4.78 is 2.13. The fourth-order valence-electron chi connectivity index (χ4n) is 2.79. The summed E-state index contributed by atoms with van der Waals surface area (Å²) in [5.41, 5.74) is 6.55. The lowest BCUT2D eigenvalue weighted by molar-refractivity contribution is 0.657. The van der Waals surface area contributed by atoms with Crippen molar-refractivity contribution in [3.63, 3.8) is 0 Å². The Kier molecular flexibility index (Phi) is 5.57. The van der Waals surface area contributed by atoms with Gasteiger partial charge in [0.05, 0.1) is 12.2 Å². The van der Waals surface area contributed by atoms with Gasteiger partial charge >= 0.3 is 0 Å². The molecule has 3 heteroatoms. The molecule has 3 nitrogen and oxygen atoms in total. The van der Waals surface area contributed by atoms with E-state index in [0.717, 1.165) is 38.2 Å². The first-order valence-electron chi connectivity index (χ1n) is 7.97. The number of nitrogens with one attached hydrogen (secondary N) is 1. The largest absolute Gasteiger partial charge is 0.317 e. The SMILES string of the molecule is CCNCCc1ccc(Cn2nc(C)c(CC)c2C)cc1. The third kappa shape index (κ3) is 3.94. The molecule has 0 radical (unpaired) electrons. The third-order valence-corrected chi connectivity index (χ3v) is 4.08. The monoisotopic (exact) mass is 285 g/mol. The predicted molar refractivity (Wildman–Crippen MR) is 88.9 cm³/mol. The highest BCUT2D eigenvalue weighted by Gasteiger charge is 2.09. The molecule has 0 bridgehead atoms. The Hall–Kier alpha value is -1.61. The van der Waals surface area contributed by atoms with Gasteiger partial charge in [0.1, 0.15) is 0 Å². The number of aromatic nitrogens is 2. The number of likely N-dealkylation sites (N-methyl/N-ethyl adjacent to an activating group) is 1. The van der Waals surface area contributed by atoms with Gasteiger partial charge < -0.3 is 5.32 Å². The number of aryl methyl sites for hydroxylation is 1. The second-order valence-electron chi connectivity index (χ2n) is 5.58. The molecule has 0 unspecified atom stereocenters. The summed E-state index contributed by atoms with van der Waals surface area (Å²) >= 11 is 0. The minimum absolute atomic E-state index is 0.861. The summed E-state index contributed by atoms with van der Waals surface area (Å²) in [6.07, 6.45) is 2.15. The fraction of sp³-hybridized carbons (Fsp3) is 0.500. The zero-order valence-corrected chi connectivity index (χ0v) is 13.7. The van der Waals surface area contributed by atoms with Crippen LogP contribution in [0, 0.1) is 13.8 Å². The van der Waals surface area contributed by atoms with Crippen LogP contribution in [0.3, 0.4) is 0 Å². The Morgan fingerprint density at radius 3 is 2.29 bits per heavy atom. The van der Waals surface area contributed by atoms with E-state index in [4.69, 9.17) is 0 Å². The maximum Gasteiger partial charge on any atom is 0.0662 e. The van der Waals surface area contributed by atoms with Crippen LogP contribution in [-0.4, -0.2) is 22.9 Å². The van der Waals surface area contributed by atoms with Crippen molar-refractivity contribution in [3.05, 3.63) is 52.3 Å². The first-order chi connectivity index (χ1) is 10.2. The second-order valence-corrected chi connectivity index (χ2v) is 5.58. The summed E-state index contributed by atoms with van der Waals surface area (Å²) in [5, 5.41) is 8.03. The first-order valence-corrected chi connectivity index (χ1v) is 7.97. The van der Waals surface area contributed by atoms with Crippen LogP contribution in [0.4, 0.5) is 0 Å². The van der Waals surface area contributed by atoms with Crippen molar-refractivity contribution >= 4 is 0 Å². The van der Waals surface area contributed by atoms with Crippen molar-refractivity contribution in [2.24, 2.45) is 0 Å². The van der Waals surface area contributed by atoms with Gasteiger partial charge in [-0.05, 0) is 56.5 Å². The Morgan fingerprint density at radius 2 is 1.71 bits per heavy atom. The van der Waals surface area contributed by atoms with Crippen molar-refractivity contribution in [1.29, 1.82) is 0 Å². The van der Waals surface area contributed by atoms with Gasteiger partial charge in [0.2, 0.25) is 0 Å². The highest BCUT2D eigenvalue weighted by molar-refractivity contribution is 5.27. The summed E-state index contributed by atoms with van der Waals surface area (Å²) in [7, 11) is 0. The molecule has 0 saturated heterocycles. The topological polar surface area (TPSA) is 29.9 Å². The number of hydrogen-bond donors (Lipinski definition) is 1. The predicted octanol–water partition coefficient (Wildman–Crippen LogP) is 3.26. The molecule has 0 aliphatic carbocycles. The molecule has 21 heavy (non-hydrogen) atoms. The van der Waals surface area contributed by atoms with Crippen LogP contribution < -0.4 is 5.32 Å². The molecule has 114 valence electrons. The van der Waals surface area contributed by atoms with Gasteiger partial charge in [-0.1, -0.05) is 38.1 Å². The standard InChI is InChI=1S/C18H27N3/c1-5-18-14(3)20-21(15(18)4)13-17-9-7-16(8-10-17)11-12-19-6-2/h7-10,19H,5-6,11-13H2,1-4H3. The maximum absolute atomic E-state index is 4.67. The quantitative estimate of drug-likeness (QED) is 0.791. The van der Waals surface area contributed by atoms with E-state index in [9.17, 15) is 0 Å². The molecule has 0 aliphatic heterocycles. The summed E-state index contributed by atoms with van der Waals surface area (Å²) in [6, 6.07) is 8.92. The summed E-state index contributed by atoms with van der Waals surface area (Å²) in [5.74, 6) is 0. The fourth-order valence-corrected chi connectivity index (χ4v) is 2.79. The van der Waals surface area contributed by atoms with Crippen molar-refractivity contribution in [1.82, 2.24) is 15.1 Å². The van der Waals surface area contributed by atoms with Crippen molar-refractivity contribution in [3.8, 4) is 0 Å². The average molecular weight is 285 g/mol. The van der Waals surface area contributed by atoms with Crippen molar-refractivity contribution in [2.45, 2.75) is 47.1 Å². The highest BCUT2D eigenvalue weighted by Crippen LogP contribution is 2.15. The highest BCUT2D eigenvalue weighted by atomic mass is 15.3. The summed E-state index contributed by atoms with van der Waals surface area (Å²) in [6.45, 7) is 11.6. The van der Waals surface area contributed by atoms with Gasteiger partial charge in [-0.25, -0.2) is 0 Å². The zero-order valence-electron chi connectivity index (χ0n) is 13.7. The molecule has 1 heterocycles. The van der Waals surface area contributed by atoms with Crippen LogP contribution in [0.2, 0.25) is 0 Å². The number of nitrogens with zero attached hydrogens (tertiary/aromatic N) is 2. The van der Waals surface area contributed by atoms with Crippen molar-refractivity contribution in [2.75, 3.05) is 13.1 Å². The van der Waals surface area contributed by atoms with E-state index in [1.165, 1.54) is 22.4 Å². The molecule has 0 aliphatic rings. The van der Waals surface area contributed by atoms with Gasteiger partial charge in [-0.15, -0.1) is 0 Å². The lowest BCUT2D eigenvalue weighted by atomic mass is 10.1. The average Bonchev–Trinajstić information content (AvgIpc) is 2.75. The van der Waals surface area contributed by atoms with Gasteiger partial charge in [-0.2, -0.15) is 5.10 Å². The summed E-state index contributed by atoms with van der Waals surface area (Å²) in [4.78, 5) is 0. The van der Waals surface area contributed by atoms with E-state index in [2.05, 4.69) is 67.1 Å². The second kappa shape index (κ2) is 7.41. The zero-order chi connectivity index (χ0) is 15.2. The smallest absolute Gasteiger partial charge is 0.0662 e. The Morgan fingerprint density at radius 1 is 1.05 bits per heavy atom. The molecule has 1 aromatic carbocycles. The van der Waals surface area contributed by atoms with E-state index < -0.39 is 0 Å². The minimum atomic E-state index is 0.861. The van der Waals surface area contributed by atoms with E-state index in [1.54, 1.807) is 0 Å². The first kappa shape index (κ1) is 15.8. The number of benzene rings is 1. The molecule has 1 N–H and O–H groups in total. The van der Waals surface area contributed by atoms with Crippen LogP contribution in [-0.2, 0) is 19.4 Å². The molecule has 0 amide bonds. The van der Waals surface area contributed by atoms with Crippen LogP contribution in [0.15, 0.2) is 24.3 Å². The van der Waals surface area contributed by atoms with Gasteiger partial charge in [-0.3, -0.25) is 4.68 Å². The van der Waals surface area contributed by atoms with Gasteiger partial charge in [0, 0.05) is 5.69 Å². The molecule has 0 atom stereocenters. The van der Waals surface area contributed by atoms with E-state index >= 15 is 0 Å². The normalized spacial score (nSPS) is 11.0. The van der Waals surface area contributed by atoms with Gasteiger partial charge in [0.25, 0.3) is 0 Å². The van der Waals surface area contributed by atoms with E-state index in [0.29, 0.717) is 0 Å². The van der Waals surface area contributed by atoms with E-state index in [1.807, 2.05) is 0 Å². The van der Waals surface area contributed by atoms with Crippen LogP contribution in [0.25, 0.3) is 0 Å². The molecule has 0 fully saturated rings. The third-order valence-electron chi connectivity index (χ3n) is 4.08. The van der Waals surface area contributed by atoms with E-state index in [-0.39, 0.29) is 0 Å². The van der Waals surface area contributed by atoms with Crippen LogP contribution >= 0.6 is 0 Å². The molecule has 2 rings (SSSR count). The van der Waals surface area contributed by atoms with Crippen molar-refractivity contribution < 1.29 is 0 Å². The minimum Gasteiger partial charge on any atom is -0.317 e. The lowest BCUT2D eigenvalue weighted by Crippen LogP contribution is -2.16. The molecule has 0 saturated carbocycles. The molecule has 0 spiro atoms. The molecule has 1 aromatic heterocycles. The van der Waals surface area contributed by atoms with Crippen LogP contribution in [0.5, 0.6) is 0 Å². The number of hydrogen-bond acceptors (Lipinski definition) is 2. The Bertz CT molecular complexity index is 567. The maximum atomic E-state index is 4.67.